The molecule has 0 aliphatic carbocycles. The molecule has 7 nitrogen and oxygen atoms in total. The Labute approximate surface area is 182 Å². The lowest BCUT2D eigenvalue weighted by Crippen LogP contribution is -2.22. The Morgan fingerprint density at radius 2 is 2.00 bits per heavy atom. The highest BCUT2D eigenvalue weighted by molar-refractivity contribution is 6.76. The number of benzene rings is 1. The molecule has 0 atom stereocenters. The first-order valence-corrected chi connectivity index (χ1v) is 13.9. The average molecular weight is 435 g/mol. The van der Waals surface area contributed by atoms with Gasteiger partial charge in [-0.3, -0.25) is 4.79 Å². The van der Waals surface area contributed by atoms with Gasteiger partial charge in [0.25, 0.3) is 0 Å². The molecule has 1 N–H and O–H groups in total. The molecule has 1 aromatic carbocycles. The number of pyridine rings is 1. The maximum Gasteiger partial charge on any atom is 0.219 e. The van der Waals surface area contributed by atoms with E-state index < -0.39 is 8.07 Å². The average Bonchev–Trinajstić information content (AvgIpc) is 3.37. The van der Waals surface area contributed by atoms with E-state index >= 15 is 0 Å². The second-order valence-corrected chi connectivity index (χ2v) is 14.3. The van der Waals surface area contributed by atoms with E-state index in [9.17, 15) is 4.79 Å². The molecule has 8 heteroatoms. The predicted molar refractivity (Wildman–Crippen MR) is 123 cm³/mol. The van der Waals surface area contributed by atoms with E-state index in [1.165, 1.54) is 0 Å². The number of hydrogen-bond acceptors (Lipinski definition) is 5. The number of aldehydes is 1. The molecule has 0 aliphatic heterocycles. The van der Waals surface area contributed by atoms with Crippen LogP contribution in [0, 0.1) is 0 Å². The van der Waals surface area contributed by atoms with Gasteiger partial charge in [-0.05, 0) is 36.4 Å². The van der Waals surface area contributed by atoms with Crippen LogP contribution in [0.5, 0.6) is 11.6 Å². The van der Waals surface area contributed by atoms with Gasteiger partial charge >= 0.3 is 0 Å². The Bertz CT molecular complexity index is 1180. The summed E-state index contributed by atoms with van der Waals surface area (Å²) >= 11 is 0. The lowest BCUT2D eigenvalue weighted by molar-refractivity contribution is 0.0798. The molecule has 31 heavy (non-hydrogen) atoms. The van der Waals surface area contributed by atoms with Gasteiger partial charge in [0.05, 0.1) is 11.4 Å². The van der Waals surface area contributed by atoms with Crippen molar-refractivity contribution in [2.75, 3.05) is 6.61 Å². The first-order valence-electron chi connectivity index (χ1n) is 10.2. The summed E-state index contributed by atoms with van der Waals surface area (Å²) < 4.78 is 13.5. The van der Waals surface area contributed by atoms with Gasteiger partial charge in [-0.2, -0.15) is 5.10 Å². The summed E-state index contributed by atoms with van der Waals surface area (Å²) in [6.07, 6.45) is 4.33. The Hall–Kier alpha value is -3.23. The first-order chi connectivity index (χ1) is 14.9. The van der Waals surface area contributed by atoms with Crippen LogP contribution in [-0.4, -0.2) is 40.7 Å². The number of carbonyl (C=O) groups excluding carboxylic acids is 1. The van der Waals surface area contributed by atoms with Gasteiger partial charge in [0.1, 0.15) is 12.5 Å². The maximum atomic E-state index is 10.9. The standard InChI is InChI=1S/C23H26N4O3Si/c1-31(2,3)11-10-29-16-27-22(8-9-25-27)18-5-7-23(24-14-18)30-20-6-4-17-12-19(15-28)26-21(17)13-20/h4-9,12-15,26H,10-11,16H2,1-3H3. The number of carbonyl (C=O) groups is 1. The van der Waals surface area contributed by atoms with Crippen LogP contribution < -0.4 is 4.74 Å². The molecule has 0 bridgehead atoms. The molecule has 0 saturated heterocycles. The normalized spacial score (nSPS) is 11.7. The van der Waals surface area contributed by atoms with Crippen LogP contribution in [0.4, 0.5) is 0 Å². The molecule has 0 unspecified atom stereocenters. The number of ether oxygens (including phenoxy) is 2. The molecule has 0 saturated carbocycles. The van der Waals surface area contributed by atoms with Crippen molar-refractivity contribution < 1.29 is 14.3 Å². The van der Waals surface area contributed by atoms with Crippen molar-refractivity contribution in [2.24, 2.45) is 0 Å². The predicted octanol–water partition coefficient (Wildman–Crippen LogP) is 5.34. The summed E-state index contributed by atoms with van der Waals surface area (Å²) in [5.74, 6) is 1.13. The van der Waals surface area contributed by atoms with E-state index in [1.54, 1.807) is 18.5 Å². The number of nitrogens with one attached hydrogen (secondary N) is 1. The number of fused-ring (bicyclic) bond motifs is 1. The quantitative estimate of drug-likeness (QED) is 0.218. The molecule has 3 heterocycles. The summed E-state index contributed by atoms with van der Waals surface area (Å²) in [5, 5.41) is 5.33. The van der Waals surface area contributed by atoms with Crippen molar-refractivity contribution >= 4 is 25.3 Å². The number of rotatable bonds is 9. The van der Waals surface area contributed by atoms with E-state index in [-0.39, 0.29) is 0 Å². The topological polar surface area (TPSA) is 82.0 Å². The van der Waals surface area contributed by atoms with Gasteiger partial charge in [0, 0.05) is 55.7 Å². The van der Waals surface area contributed by atoms with Crippen molar-refractivity contribution in [3.63, 3.8) is 0 Å². The van der Waals surface area contributed by atoms with Crippen LogP contribution in [0.1, 0.15) is 10.5 Å². The van der Waals surface area contributed by atoms with Crippen LogP contribution in [0.25, 0.3) is 22.2 Å². The maximum absolute atomic E-state index is 10.9. The SMILES string of the molecule is C[Si](C)(C)CCOCn1nccc1-c1ccc(Oc2ccc3cc(C=O)[nH]c3c2)nc1. The van der Waals surface area contributed by atoms with Crippen molar-refractivity contribution in [3.05, 3.63) is 60.6 Å². The summed E-state index contributed by atoms with van der Waals surface area (Å²) in [4.78, 5) is 18.4. The minimum atomic E-state index is -1.11. The molecule has 0 aliphatic rings. The molecule has 0 amide bonds. The summed E-state index contributed by atoms with van der Waals surface area (Å²) in [5.41, 5.74) is 3.26. The lowest BCUT2D eigenvalue weighted by Gasteiger charge is -2.16. The monoisotopic (exact) mass is 434 g/mol. The van der Waals surface area contributed by atoms with Gasteiger partial charge in [-0.25, -0.2) is 9.67 Å². The fourth-order valence-corrected chi connectivity index (χ4v) is 3.94. The number of aromatic amines is 1. The number of nitrogens with zero attached hydrogens (tertiary/aromatic N) is 3. The Balaban J connectivity index is 1.42. The Morgan fingerprint density at radius 3 is 2.74 bits per heavy atom. The summed E-state index contributed by atoms with van der Waals surface area (Å²) in [6, 6.07) is 14.3. The zero-order valence-electron chi connectivity index (χ0n) is 18.0. The third-order valence-electron chi connectivity index (χ3n) is 4.92. The highest BCUT2D eigenvalue weighted by Crippen LogP contribution is 2.26. The Morgan fingerprint density at radius 1 is 1.13 bits per heavy atom. The van der Waals surface area contributed by atoms with Crippen LogP contribution in [0.15, 0.2) is 54.9 Å². The second kappa shape index (κ2) is 8.87. The van der Waals surface area contributed by atoms with Crippen molar-refractivity contribution in [1.29, 1.82) is 0 Å². The van der Waals surface area contributed by atoms with Crippen LogP contribution in [0.2, 0.25) is 25.7 Å². The fraction of sp³-hybridized carbons (Fsp3) is 0.261. The van der Waals surface area contributed by atoms with Gasteiger partial charge in [-0.1, -0.05) is 19.6 Å². The van der Waals surface area contributed by atoms with Crippen LogP contribution in [-0.2, 0) is 11.5 Å². The molecule has 160 valence electrons. The molecule has 4 aromatic rings. The van der Waals surface area contributed by atoms with E-state index in [4.69, 9.17) is 9.47 Å². The van der Waals surface area contributed by atoms with Crippen molar-refractivity contribution in [1.82, 2.24) is 19.7 Å². The van der Waals surface area contributed by atoms with Crippen molar-refractivity contribution in [2.45, 2.75) is 32.4 Å². The molecule has 4 rings (SSSR count). The molecule has 0 spiro atoms. The number of hydrogen-bond donors (Lipinski definition) is 1. The molecular weight excluding hydrogens is 408 g/mol. The van der Waals surface area contributed by atoms with E-state index in [0.29, 0.717) is 24.1 Å². The highest BCUT2D eigenvalue weighted by Gasteiger charge is 2.13. The van der Waals surface area contributed by atoms with Gasteiger partial charge in [0.15, 0.2) is 6.29 Å². The van der Waals surface area contributed by atoms with Crippen LogP contribution >= 0.6 is 0 Å². The van der Waals surface area contributed by atoms with E-state index in [1.807, 2.05) is 41.1 Å². The van der Waals surface area contributed by atoms with Gasteiger partial charge < -0.3 is 14.5 Å². The third-order valence-corrected chi connectivity index (χ3v) is 6.63. The second-order valence-electron chi connectivity index (χ2n) is 8.64. The minimum Gasteiger partial charge on any atom is -0.439 e. The lowest BCUT2D eigenvalue weighted by atomic mass is 10.2. The van der Waals surface area contributed by atoms with Gasteiger partial charge in [-0.15, -0.1) is 0 Å². The molecule has 0 radical (unpaired) electrons. The Kier molecular flexibility index (Phi) is 6.01. The molecule has 3 aromatic heterocycles. The summed E-state index contributed by atoms with van der Waals surface area (Å²) in [7, 11) is -1.11. The number of H-pyrrole nitrogens is 1. The van der Waals surface area contributed by atoms with E-state index in [2.05, 4.69) is 34.7 Å². The number of aromatic nitrogens is 4. The molecular formula is C23H26N4O3Si. The van der Waals surface area contributed by atoms with E-state index in [0.717, 1.165) is 41.1 Å². The smallest absolute Gasteiger partial charge is 0.219 e. The molecule has 0 fully saturated rings. The zero-order valence-corrected chi connectivity index (χ0v) is 19.0. The first kappa shape index (κ1) is 21.0. The minimum absolute atomic E-state index is 0.421. The zero-order chi connectivity index (χ0) is 21.8. The van der Waals surface area contributed by atoms with Crippen molar-refractivity contribution in [3.8, 4) is 22.9 Å². The fourth-order valence-electron chi connectivity index (χ4n) is 3.18. The van der Waals surface area contributed by atoms with Crippen LogP contribution in [0.3, 0.4) is 0 Å². The van der Waals surface area contributed by atoms with Gasteiger partial charge in [0.2, 0.25) is 5.88 Å². The largest absolute Gasteiger partial charge is 0.439 e. The highest BCUT2D eigenvalue weighted by atomic mass is 28.3. The third kappa shape index (κ3) is 5.28. The summed E-state index contributed by atoms with van der Waals surface area (Å²) in [6.45, 7) is 8.18.